The monoisotopic (exact) mass is 384 g/mol. The number of aliphatic carboxylic acids is 1. The van der Waals surface area contributed by atoms with Crippen molar-refractivity contribution >= 4 is 21.9 Å². The Labute approximate surface area is 153 Å². The molecule has 0 bridgehead atoms. The fraction of sp³-hybridized carbons (Fsp3) is 0.529. The summed E-state index contributed by atoms with van der Waals surface area (Å²) >= 11 is 0. The van der Waals surface area contributed by atoms with Crippen LogP contribution in [0.4, 0.5) is 0 Å². The summed E-state index contributed by atoms with van der Waals surface area (Å²) in [6, 6.07) is 4.58. The van der Waals surface area contributed by atoms with Gasteiger partial charge in [-0.1, -0.05) is 12.5 Å². The van der Waals surface area contributed by atoms with Crippen LogP contribution in [0.1, 0.15) is 35.2 Å². The minimum atomic E-state index is -3.62. The fourth-order valence-electron chi connectivity index (χ4n) is 2.76. The van der Waals surface area contributed by atoms with E-state index in [9.17, 15) is 18.0 Å². The molecule has 0 aliphatic carbocycles. The number of hydrogen-bond acceptors (Lipinski definition) is 5. The van der Waals surface area contributed by atoms with Crippen molar-refractivity contribution in [2.24, 2.45) is 0 Å². The maximum Gasteiger partial charge on any atom is 0.329 e. The number of ether oxygens (including phenoxy) is 1. The predicted molar refractivity (Wildman–Crippen MR) is 94.6 cm³/mol. The van der Waals surface area contributed by atoms with E-state index in [0.717, 1.165) is 19.3 Å². The summed E-state index contributed by atoms with van der Waals surface area (Å²) in [4.78, 5) is 22.7. The zero-order chi connectivity index (χ0) is 19.2. The Morgan fingerprint density at radius 1 is 1.23 bits per heavy atom. The highest BCUT2D eigenvalue weighted by atomic mass is 32.2. The Kier molecular flexibility index (Phi) is 7.13. The van der Waals surface area contributed by atoms with Gasteiger partial charge in [-0.3, -0.25) is 4.79 Å². The molecule has 0 unspecified atom stereocenters. The van der Waals surface area contributed by atoms with Gasteiger partial charge in [0.2, 0.25) is 10.0 Å². The average molecular weight is 384 g/mol. The number of amides is 1. The van der Waals surface area contributed by atoms with E-state index in [1.54, 1.807) is 19.1 Å². The van der Waals surface area contributed by atoms with Gasteiger partial charge in [0.15, 0.2) is 0 Å². The van der Waals surface area contributed by atoms with E-state index in [1.165, 1.54) is 10.4 Å². The molecule has 0 saturated carbocycles. The molecule has 0 atom stereocenters. The smallest absolute Gasteiger partial charge is 0.329 e. The van der Waals surface area contributed by atoms with Gasteiger partial charge in [0.25, 0.3) is 5.91 Å². The average Bonchev–Trinajstić information content (AvgIpc) is 2.62. The van der Waals surface area contributed by atoms with E-state index in [1.807, 2.05) is 0 Å². The van der Waals surface area contributed by atoms with Crippen LogP contribution in [-0.4, -0.2) is 62.6 Å². The maximum absolute atomic E-state index is 12.9. The number of hydrogen-bond donors (Lipinski definition) is 2. The van der Waals surface area contributed by atoms with Gasteiger partial charge in [0, 0.05) is 25.2 Å². The normalized spacial score (nSPS) is 15.6. The molecule has 1 aromatic rings. The standard InChI is InChI=1S/C17H24N2O6S/c1-13-5-6-14(17(22)18-7-10-25-12-16(20)21)11-15(13)26(23,24)19-8-3-2-4-9-19/h5-6,11H,2-4,7-10,12H2,1H3,(H,18,22)(H,20,21). The van der Waals surface area contributed by atoms with Crippen molar-refractivity contribution < 1.29 is 27.9 Å². The summed E-state index contributed by atoms with van der Waals surface area (Å²) in [5.74, 6) is -1.51. The van der Waals surface area contributed by atoms with Crippen LogP contribution in [0.3, 0.4) is 0 Å². The van der Waals surface area contributed by atoms with Crippen molar-refractivity contribution in [1.29, 1.82) is 0 Å². The van der Waals surface area contributed by atoms with Crippen LogP contribution in [0.25, 0.3) is 0 Å². The third kappa shape index (κ3) is 5.26. The van der Waals surface area contributed by atoms with Crippen LogP contribution >= 0.6 is 0 Å². The molecular formula is C17H24N2O6S. The molecule has 0 aromatic heterocycles. The number of piperidine rings is 1. The number of carbonyl (C=O) groups excluding carboxylic acids is 1. The number of nitrogens with zero attached hydrogens (tertiary/aromatic N) is 1. The van der Waals surface area contributed by atoms with Crippen molar-refractivity contribution in [3.63, 3.8) is 0 Å². The number of benzene rings is 1. The predicted octanol–water partition coefficient (Wildman–Crippen LogP) is 1.00. The molecule has 26 heavy (non-hydrogen) atoms. The van der Waals surface area contributed by atoms with Gasteiger partial charge in [-0.15, -0.1) is 0 Å². The molecule has 2 rings (SSSR count). The van der Waals surface area contributed by atoms with Crippen LogP contribution in [0.15, 0.2) is 23.1 Å². The Hall–Kier alpha value is -1.97. The quantitative estimate of drug-likeness (QED) is 0.647. The van der Waals surface area contributed by atoms with E-state index in [2.05, 4.69) is 5.32 Å². The lowest BCUT2D eigenvalue weighted by Crippen LogP contribution is -2.36. The Morgan fingerprint density at radius 2 is 1.92 bits per heavy atom. The third-order valence-electron chi connectivity index (χ3n) is 4.14. The Morgan fingerprint density at radius 3 is 2.58 bits per heavy atom. The minimum absolute atomic E-state index is 0.0584. The molecule has 144 valence electrons. The molecule has 1 fully saturated rings. The largest absolute Gasteiger partial charge is 0.480 e. The Bertz CT molecular complexity index is 757. The second-order valence-corrected chi connectivity index (χ2v) is 8.05. The van der Waals surface area contributed by atoms with Crippen LogP contribution in [0.2, 0.25) is 0 Å². The number of carboxylic acids is 1. The van der Waals surface area contributed by atoms with E-state index in [4.69, 9.17) is 9.84 Å². The van der Waals surface area contributed by atoms with Crippen molar-refractivity contribution in [2.45, 2.75) is 31.1 Å². The van der Waals surface area contributed by atoms with E-state index < -0.39 is 28.5 Å². The zero-order valence-electron chi connectivity index (χ0n) is 14.7. The molecule has 2 N–H and O–H groups in total. The van der Waals surface area contributed by atoms with Crippen LogP contribution in [0, 0.1) is 6.92 Å². The lowest BCUT2D eigenvalue weighted by molar-refractivity contribution is -0.142. The number of carboxylic acid groups (broad SMARTS) is 1. The molecule has 1 amide bonds. The lowest BCUT2D eigenvalue weighted by atomic mass is 10.1. The highest BCUT2D eigenvalue weighted by Gasteiger charge is 2.28. The first-order chi connectivity index (χ1) is 12.3. The summed E-state index contributed by atoms with van der Waals surface area (Å²) in [7, 11) is -3.62. The van der Waals surface area contributed by atoms with Crippen LogP contribution < -0.4 is 5.32 Å². The molecule has 0 spiro atoms. The lowest BCUT2D eigenvalue weighted by Gasteiger charge is -2.26. The number of sulfonamides is 1. The van der Waals surface area contributed by atoms with Crippen molar-refractivity contribution in [3.05, 3.63) is 29.3 Å². The summed E-state index contributed by atoms with van der Waals surface area (Å²) < 4.78 is 32.0. The van der Waals surface area contributed by atoms with Gasteiger partial charge in [-0.25, -0.2) is 13.2 Å². The Balaban J connectivity index is 2.06. The minimum Gasteiger partial charge on any atom is -0.480 e. The van der Waals surface area contributed by atoms with Crippen molar-refractivity contribution in [3.8, 4) is 0 Å². The molecule has 1 saturated heterocycles. The summed E-state index contributed by atoms with van der Waals surface area (Å²) in [6.45, 7) is 2.46. The number of nitrogens with one attached hydrogen (secondary N) is 1. The highest BCUT2D eigenvalue weighted by Crippen LogP contribution is 2.24. The van der Waals surface area contributed by atoms with Gasteiger partial charge in [-0.2, -0.15) is 4.31 Å². The topological polar surface area (TPSA) is 113 Å². The van der Waals surface area contributed by atoms with Crippen molar-refractivity contribution in [2.75, 3.05) is 32.8 Å². The summed E-state index contributed by atoms with van der Waals surface area (Å²) in [5, 5.41) is 11.1. The first-order valence-electron chi connectivity index (χ1n) is 8.51. The summed E-state index contributed by atoms with van der Waals surface area (Å²) in [5.41, 5.74) is 0.835. The van der Waals surface area contributed by atoms with Crippen molar-refractivity contribution in [1.82, 2.24) is 9.62 Å². The van der Waals surface area contributed by atoms with Gasteiger partial charge >= 0.3 is 5.97 Å². The van der Waals surface area contributed by atoms with Gasteiger partial charge in [-0.05, 0) is 37.5 Å². The maximum atomic E-state index is 12.9. The highest BCUT2D eigenvalue weighted by molar-refractivity contribution is 7.89. The van der Waals surface area contributed by atoms with Gasteiger partial charge in [0.1, 0.15) is 6.61 Å². The molecule has 9 heteroatoms. The number of carbonyl (C=O) groups is 2. The molecule has 1 heterocycles. The molecule has 0 radical (unpaired) electrons. The third-order valence-corrected chi connectivity index (χ3v) is 6.18. The molecule has 1 aliphatic rings. The van der Waals surface area contributed by atoms with E-state index in [-0.39, 0.29) is 23.6 Å². The number of rotatable bonds is 8. The first-order valence-corrected chi connectivity index (χ1v) is 9.95. The van der Waals surface area contributed by atoms with E-state index >= 15 is 0 Å². The molecule has 8 nitrogen and oxygen atoms in total. The molecular weight excluding hydrogens is 360 g/mol. The zero-order valence-corrected chi connectivity index (χ0v) is 15.5. The van der Waals surface area contributed by atoms with E-state index in [0.29, 0.717) is 18.7 Å². The molecule has 1 aromatic carbocycles. The second kappa shape index (κ2) is 9.11. The number of aryl methyl sites for hydroxylation is 1. The molecule has 1 aliphatic heterocycles. The second-order valence-electron chi connectivity index (χ2n) is 6.15. The SMILES string of the molecule is Cc1ccc(C(=O)NCCOCC(=O)O)cc1S(=O)(=O)N1CCCCC1. The van der Waals surface area contributed by atoms with Gasteiger partial charge in [0.05, 0.1) is 11.5 Å². The van der Waals surface area contributed by atoms with Crippen LogP contribution in [-0.2, 0) is 19.6 Å². The first kappa shape index (κ1) is 20.3. The van der Waals surface area contributed by atoms with Gasteiger partial charge < -0.3 is 15.2 Å². The summed E-state index contributed by atoms with van der Waals surface area (Å²) in [6.07, 6.45) is 2.71. The fourth-order valence-corrected chi connectivity index (χ4v) is 4.53. The van der Waals surface area contributed by atoms with Crippen LogP contribution in [0.5, 0.6) is 0 Å².